The first-order valence-electron chi connectivity index (χ1n) is 7.52. The molecule has 0 radical (unpaired) electrons. The van der Waals surface area contributed by atoms with E-state index in [9.17, 15) is 4.79 Å². The number of nitrogens with zero attached hydrogens (tertiary/aromatic N) is 2. The molecule has 1 aliphatic rings. The summed E-state index contributed by atoms with van der Waals surface area (Å²) in [5, 5.41) is 3.09. The number of carbonyl (C=O) groups excluding carboxylic acids is 1. The Morgan fingerprint density at radius 2 is 1.95 bits per heavy atom. The van der Waals surface area contributed by atoms with Crippen LogP contribution in [0.3, 0.4) is 0 Å². The number of hydrogen-bond acceptors (Lipinski definition) is 4. The fraction of sp³-hybridized carbons (Fsp3) is 0.438. The summed E-state index contributed by atoms with van der Waals surface area (Å²) < 4.78 is 0. The largest absolute Gasteiger partial charge is 0.348 e. The van der Waals surface area contributed by atoms with E-state index in [1.165, 1.54) is 6.42 Å². The van der Waals surface area contributed by atoms with Crippen LogP contribution in [0.25, 0.3) is 11.0 Å². The third kappa shape index (κ3) is 3.03. The quantitative estimate of drug-likeness (QED) is 0.827. The maximum atomic E-state index is 12.6. The Morgan fingerprint density at radius 3 is 2.86 bits per heavy atom. The molecule has 1 aromatic heterocycles. The zero-order chi connectivity index (χ0) is 14.7. The lowest BCUT2D eigenvalue weighted by atomic mass is 10.0. The van der Waals surface area contributed by atoms with Crippen molar-refractivity contribution in [2.75, 3.05) is 0 Å². The van der Waals surface area contributed by atoms with Gasteiger partial charge >= 0.3 is 0 Å². The van der Waals surface area contributed by atoms with Crippen LogP contribution in [0.5, 0.6) is 0 Å². The highest BCUT2D eigenvalue weighted by molar-refractivity contribution is 6.04. The van der Waals surface area contributed by atoms with Crippen LogP contribution in [0.4, 0.5) is 0 Å². The molecule has 2 unspecified atom stereocenters. The highest BCUT2D eigenvalue weighted by Crippen LogP contribution is 2.18. The molecule has 0 bridgehead atoms. The standard InChI is InChI=1S/C16H20N4O/c17-12-6-2-1-3-7-13(12)20-16(21)11-5-4-8-14-15(11)19-10-9-18-14/h4-5,8-10,12-13H,1-3,6-7,17H2,(H,20,21). The predicted molar refractivity (Wildman–Crippen MR) is 81.9 cm³/mol. The Hall–Kier alpha value is -2.01. The number of benzene rings is 1. The number of aromatic nitrogens is 2. The van der Waals surface area contributed by atoms with Crippen LogP contribution in [0.15, 0.2) is 30.6 Å². The number of carbonyl (C=O) groups is 1. The molecule has 3 rings (SSSR count). The number of amides is 1. The van der Waals surface area contributed by atoms with Crippen LogP contribution >= 0.6 is 0 Å². The third-order valence-corrected chi connectivity index (χ3v) is 4.13. The molecule has 1 aromatic carbocycles. The first-order chi connectivity index (χ1) is 10.3. The Labute approximate surface area is 124 Å². The summed E-state index contributed by atoms with van der Waals surface area (Å²) in [6.07, 6.45) is 8.62. The van der Waals surface area contributed by atoms with Gasteiger partial charge in [0.15, 0.2) is 0 Å². The number of fused-ring (bicyclic) bond motifs is 1. The van der Waals surface area contributed by atoms with Gasteiger partial charge < -0.3 is 11.1 Å². The van der Waals surface area contributed by atoms with E-state index in [1.54, 1.807) is 18.5 Å². The average molecular weight is 284 g/mol. The van der Waals surface area contributed by atoms with E-state index in [2.05, 4.69) is 15.3 Å². The van der Waals surface area contributed by atoms with Gasteiger partial charge in [0.25, 0.3) is 5.91 Å². The molecular weight excluding hydrogens is 264 g/mol. The van der Waals surface area contributed by atoms with Crippen molar-refractivity contribution in [3.05, 3.63) is 36.2 Å². The zero-order valence-electron chi connectivity index (χ0n) is 12.0. The van der Waals surface area contributed by atoms with Gasteiger partial charge in [0.2, 0.25) is 0 Å². The summed E-state index contributed by atoms with van der Waals surface area (Å²) in [6, 6.07) is 5.56. The molecule has 2 aromatic rings. The number of para-hydroxylation sites is 1. The molecule has 21 heavy (non-hydrogen) atoms. The second-order valence-corrected chi connectivity index (χ2v) is 5.61. The Kier molecular flexibility index (Phi) is 4.10. The van der Waals surface area contributed by atoms with Gasteiger partial charge in [-0.2, -0.15) is 0 Å². The summed E-state index contributed by atoms with van der Waals surface area (Å²) >= 11 is 0. The van der Waals surface area contributed by atoms with Gasteiger partial charge in [-0.25, -0.2) is 0 Å². The van der Waals surface area contributed by atoms with Gasteiger partial charge in [0, 0.05) is 24.5 Å². The van der Waals surface area contributed by atoms with Crippen LogP contribution < -0.4 is 11.1 Å². The minimum Gasteiger partial charge on any atom is -0.348 e. The van der Waals surface area contributed by atoms with Crippen molar-refractivity contribution in [1.82, 2.24) is 15.3 Å². The lowest BCUT2D eigenvalue weighted by Gasteiger charge is -2.22. The summed E-state index contributed by atoms with van der Waals surface area (Å²) in [5.74, 6) is -0.108. The van der Waals surface area contributed by atoms with Gasteiger partial charge in [-0.15, -0.1) is 0 Å². The maximum absolute atomic E-state index is 12.6. The fourth-order valence-corrected chi connectivity index (χ4v) is 2.94. The molecule has 0 spiro atoms. The molecular formula is C16H20N4O. The Morgan fingerprint density at radius 1 is 1.14 bits per heavy atom. The van der Waals surface area contributed by atoms with E-state index in [1.807, 2.05) is 12.1 Å². The van der Waals surface area contributed by atoms with E-state index < -0.39 is 0 Å². The van der Waals surface area contributed by atoms with Crippen molar-refractivity contribution >= 4 is 16.9 Å². The van der Waals surface area contributed by atoms with Gasteiger partial charge in [0.05, 0.1) is 11.1 Å². The smallest absolute Gasteiger partial charge is 0.253 e. The van der Waals surface area contributed by atoms with E-state index in [-0.39, 0.29) is 18.0 Å². The van der Waals surface area contributed by atoms with Gasteiger partial charge in [0.1, 0.15) is 5.52 Å². The normalized spacial score (nSPS) is 22.7. The highest BCUT2D eigenvalue weighted by atomic mass is 16.1. The molecule has 1 amide bonds. The number of hydrogen-bond donors (Lipinski definition) is 2. The van der Waals surface area contributed by atoms with Crippen LogP contribution in [-0.4, -0.2) is 28.0 Å². The van der Waals surface area contributed by atoms with Crippen molar-refractivity contribution in [3.8, 4) is 0 Å². The summed E-state index contributed by atoms with van der Waals surface area (Å²) in [4.78, 5) is 21.1. The maximum Gasteiger partial charge on any atom is 0.253 e. The first kappa shape index (κ1) is 13.9. The topological polar surface area (TPSA) is 80.9 Å². The molecule has 0 aliphatic heterocycles. The van der Waals surface area contributed by atoms with Crippen molar-refractivity contribution in [3.63, 3.8) is 0 Å². The van der Waals surface area contributed by atoms with Gasteiger partial charge in [-0.1, -0.05) is 25.3 Å². The second-order valence-electron chi connectivity index (χ2n) is 5.61. The lowest BCUT2D eigenvalue weighted by Crippen LogP contribution is -2.47. The first-order valence-corrected chi connectivity index (χ1v) is 7.52. The summed E-state index contributed by atoms with van der Waals surface area (Å²) in [7, 11) is 0. The molecule has 1 saturated carbocycles. The molecule has 0 saturated heterocycles. The van der Waals surface area contributed by atoms with Crippen molar-refractivity contribution < 1.29 is 4.79 Å². The SMILES string of the molecule is NC1CCCCCC1NC(=O)c1cccc2nccnc12. The van der Waals surface area contributed by atoms with E-state index >= 15 is 0 Å². The van der Waals surface area contributed by atoms with Crippen molar-refractivity contribution in [2.24, 2.45) is 5.73 Å². The Bertz CT molecular complexity index is 638. The molecule has 1 heterocycles. The molecule has 110 valence electrons. The fourth-order valence-electron chi connectivity index (χ4n) is 2.94. The van der Waals surface area contributed by atoms with Gasteiger partial charge in [-0.3, -0.25) is 14.8 Å². The van der Waals surface area contributed by atoms with Crippen LogP contribution in [0, 0.1) is 0 Å². The average Bonchev–Trinajstić information content (AvgIpc) is 2.71. The number of nitrogens with two attached hydrogens (primary N) is 1. The molecule has 3 N–H and O–H groups in total. The molecule has 1 aliphatic carbocycles. The Balaban J connectivity index is 1.83. The number of nitrogens with one attached hydrogen (secondary N) is 1. The van der Waals surface area contributed by atoms with Crippen molar-refractivity contribution in [1.29, 1.82) is 0 Å². The summed E-state index contributed by atoms with van der Waals surface area (Å²) in [6.45, 7) is 0. The summed E-state index contributed by atoms with van der Waals surface area (Å²) in [5.41, 5.74) is 8.11. The lowest BCUT2D eigenvalue weighted by molar-refractivity contribution is 0.0930. The second kappa shape index (κ2) is 6.18. The molecule has 5 nitrogen and oxygen atoms in total. The van der Waals surface area contributed by atoms with Gasteiger partial charge in [-0.05, 0) is 25.0 Å². The minimum atomic E-state index is -0.108. The highest BCUT2D eigenvalue weighted by Gasteiger charge is 2.23. The van der Waals surface area contributed by atoms with E-state index in [4.69, 9.17) is 5.73 Å². The van der Waals surface area contributed by atoms with Crippen molar-refractivity contribution in [2.45, 2.75) is 44.2 Å². The van der Waals surface area contributed by atoms with Crippen LogP contribution in [0.2, 0.25) is 0 Å². The third-order valence-electron chi connectivity index (χ3n) is 4.13. The van der Waals surface area contributed by atoms with E-state index in [0.717, 1.165) is 31.2 Å². The molecule has 5 heteroatoms. The molecule has 2 atom stereocenters. The minimum absolute atomic E-state index is 0.0394. The number of rotatable bonds is 2. The molecule has 1 fully saturated rings. The monoisotopic (exact) mass is 284 g/mol. The van der Waals surface area contributed by atoms with Crippen LogP contribution in [-0.2, 0) is 0 Å². The van der Waals surface area contributed by atoms with E-state index in [0.29, 0.717) is 11.1 Å². The predicted octanol–water partition coefficient (Wildman–Crippen LogP) is 2.02. The van der Waals surface area contributed by atoms with Crippen LogP contribution in [0.1, 0.15) is 42.5 Å². The zero-order valence-corrected chi connectivity index (χ0v) is 12.0.